The molecule has 0 aliphatic carbocycles. The molecule has 5 rings (SSSR count). The van der Waals surface area contributed by atoms with E-state index in [1.807, 2.05) is 35.2 Å². The average Bonchev–Trinajstić information content (AvgIpc) is 3.36. The molecule has 2 aromatic carbocycles. The third-order valence-corrected chi connectivity index (χ3v) is 7.17. The second-order valence-electron chi connectivity index (χ2n) is 8.02. The molecule has 1 saturated heterocycles. The summed E-state index contributed by atoms with van der Waals surface area (Å²) < 4.78 is 30.6. The summed E-state index contributed by atoms with van der Waals surface area (Å²) in [5.74, 6) is 0.704. The molecule has 8 nitrogen and oxygen atoms in total. The minimum absolute atomic E-state index is 0.0979. The van der Waals surface area contributed by atoms with E-state index >= 15 is 0 Å². The molecule has 164 valence electrons. The number of aromatic nitrogens is 2. The average molecular weight is 450 g/mol. The van der Waals surface area contributed by atoms with Gasteiger partial charge < -0.3 is 10.2 Å². The van der Waals surface area contributed by atoms with Crippen molar-refractivity contribution in [3.05, 3.63) is 78.0 Å². The van der Waals surface area contributed by atoms with Crippen LogP contribution < -0.4 is 5.32 Å². The molecule has 0 bridgehead atoms. The monoisotopic (exact) mass is 449 g/mol. The number of rotatable bonds is 4. The van der Waals surface area contributed by atoms with Gasteiger partial charge in [0.05, 0.1) is 18.7 Å². The molecule has 1 unspecified atom stereocenters. The van der Waals surface area contributed by atoms with E-state index in [1.165, 1.54) is 0 Å². The minimum Gasteiger partial charge on any atom is -0.355 e. The van der Waals surface area contributed by atoms with E-state index in [4.69, 9.17) is 0 Å². The number of nitrogens with one attached hydrogen (secondary N) is 1. The van der Waals surface area contributed by atoms with Crippen LogP contribution in [0.1, 0.15) is 24.0 Å². The maximum Gasteiger partial charge on any atom is 0.285 e. The van der Waals surface area contributed by atoms with Crippen molar-refractivity contribution in [3.63, 3.8) is 0 Å². The summed E-state index contributed by atoms with van der Waals surface area (Å²) in [6, 6.07) is 18.6. The lowest BCUT2D eigenvalue weighted by atomic mass is 9.96. The van der Waals surface area contributed by atoms with Gasteiger partial charge in [-0.25, -0.2) is 4.68 Å². The highest BCUT2D eigenvalue weighted by Gasteiger charge is 2.35. The molecule has 1 fully saturated rings. The van der Waals surface area contributed by atoms with Gasteiger partial charge in [0, 0.05) is 24.7 Å². The largest absolute Gasteiger partial charge is 0.355 e. The molecule has 1 N–H and O–H groups in total. The van der Waals surface area contributed by atoms with Crippen LogP contribution in [0, 0.1) is 5.92 Å². The number of amidine groups is 1. The van der Waals surface area contributed by atoms with Gasteiger partial charge >= 0.3 is 0 Å². The Kier molecular flexibility index (Phi) is 5.26. The van der Waals surface area contributed by atoms with Crippen molar-refractivity contribution in [3.8, 4) is 0 Å². The lowest BCUT2D eigenvalue weighted by Gasteiger charge is -2.33. The molecule has 0 saturated carbocycles. The fourth-order valence-corrected chi connectivity index (χ4v) is 5.48. The molecule has 2 aliphatic rings. The standard InChI is InChI=1S/C23H23N5O3S/c29-23(25-21-12-13-24-28(21)15-17-7-2-1-3-8-17)18-9-6-14-27(16-18)22-19-10-4-5-11-20(19)32(30,31)26-22/h1-5,7-8,10-13,18H,6,9,14-16H2,(H,25,29). The Morgan fingerprint density at radius 2 is 1.84 bits per heavy atom. The zero-order valence-electron chi connectivity index (χ0n) is 17.4. The van der Waals surface area contributed by atoms with Crippen LogP contribution in [0.15, 0.2) is 76.2 Å². The van der Waals surface area contributed by atoms with Crippen LogP contribution in [0.5, 0.6) is 0 Å². The summed E-state index contributed by atoms with van der Waals surface area (Å²) in [5, 5.41) is 7.34. The zero-order chi connectivity index (χ0) is 22.1. The molecule has 1 atom stereocenters. The number of likely N-dealkylation sites (tertiary alicyclic amines) is 1. The first-order chi connectivity index (χ1) is 15.5. The molecular formula is C23H23N5O3S. The van der Waals surface area contributed by atoms with Crippen LogP contribution in [0.25, 0.3) is 0 Å². The van der Waals surface area contributed by atoms with Gasteiger partial charge in [-0.1, -0.05) is 42.5 Å². The summed E-state index contributed by atoms with van der Waals surface area (Å²) in [4.78, 5) is 15.2. The summed E-state index contributed by atoms with van der Waals surface area (Å²) in [6.07, 6.45) is 3.18. The SMILES string of the molecule is O=C(Nc1ccnn1Cc1ccccc1)C1CCCN(C2=NS(=O)(=O)c3ccccc32)C1. The first kappa shape index (κ1) is 20.4. The highest BCUT2D eigenvalue weighted by Crippen LogP contribution is 2.30. The number of carbonyl (C=O) groups excluding carboxylic acids is 1. The molecule has 0 spiro atoms. The summed E-state index contributed by atoms with van der Waals surface area (Å²) in [6.45, 7) is 1.64. The number of anilines is 1. The minimum atomic E-state index is -3.68. The zero-order valence-corrected chi connectivity index (χ0v) is 18.2. The molecule has 1 amide bonds. The number of sulfonamides is 1. The van der Waals surface area contributed by atoms with Gasteiger partial charge in [0.1, 0.15) is 10.7 Å². The number of nitrogens with zero attached hydrogens (tertiary/aromatic N) is 4. The Labute approximate surface area is 186 Å². The van der Waals surface area contributed by atoms with E-state index in [9.17, 15) is 13.2 Å². The summed E-state index contributed by atoms with van der Waals surface area (Å²) >= 11 is 0. The Hall–Kier alpha value is -3.46. The predicted octanol–water partition coefficient (Wildman–Crippen LogP) is 2.73. The van der Waals surface area contributed by atoms with Crippen LogP contribution in [-0.4, -0.2) is 47.9 Å². The Balaban J connectivity index is 1.30. The normalized spacial score (nSPS) is 19.3. The number of hydrogen-bond acceptors (Lipinski definition) is 5. The molecule has 3 heterocycles. The van der Waals surface area contributed by atoms with Crippen molar-refractivity contribution in [2.75, 3.05) is 18.4 Å². The van der Waals surface area contributed by atoms with Crippen molar-refractivity contribution < 1.29 is 13.2 Å². The van der Waals surface area contributed by atoms with Crippen LogP contribution in [0.4, 0.5) is 5.82 Å². The van der Waals surface area contributed by atoms with E-state index < -0.39 is 10.0 Å². The maximum absolute atomic E-state index is 13.1. The van der Waals surface area contributed by atoms with Gasteiger partial charge in [0.2, 0.25) is 5.91 Å². The topological polar surface area (TPSA) is 96.7 Å². The van der Waals surface area contributed by atoms with E-state index in [0.29, 0.717) is 36.9 Å². The predicted molar refractivity (Wildman–Crippen MR) is 121 cm³/mol. The van der Waals surface area contributed by atoms with Crippen LogP contribution >= 0.6 is 0 Å². The third kappa shape index (κ3) is 3.91. The lowest BCUT2D eigenvalue weighted by Crippen LogP contribution is -2.43. The second kappa shape index (κ2) is 8.23. The Morgan fingerprint density at radius 3 is 2.69 bits per heavy atom. The Morgan fingerprint density at radius 1 is 1.06 bits per heavy atom. The van der Waals surface area contributed by atoms with Crippen LogP contribution in [0.2, 0.25) is 0 Å². The molecule has 3 aromatic rings. The molecule has 1 aromatic heterocycles. The van der Waals surface area contributed by atoms with Gasteiger partial charge in [-0.05, 0) is 30.5 Å². The van der Waals surface area contributed by atoms with Crippen LogP contribution in [0.3, 0.4) is 0 Å². The fourth-order valence-electron chi connectivity index (χ4n) is 4.25. The van der Waals surface area contributed by atoms with Gasteiger partial charge in [-0.3, -0.25) is 4.79 Å². The molecule has 0 radical (unpaired) electrons. The Bertz CT molecular complexity index is 1280. The fraction of sp³-hybridized carbons (Fsp3) is 0.261. The molecular weight excluding hydrogens is 426 g/mol. The third-order valence-electron chi connectivity index (χ3n) is 5.85. The quantitative estimate of drug-likeness (QED) is 0.661. The highest BCUT2D eigenvalue weighted by atomic mass is 32.2. The van der Waals surface area contributed by atoms with E-state index in [1.54, 1.807) is 41.2 Å². The lowest BCUT2D eigenvalue weighted by molar-refractivity contribution is -0.121. The highest BCUT2D eigenvalue weighted by molar-refractivity contribution is 7.90. The summed E-state index contributed by atoms with van der Waals surface area (Å²) in [7, 11) is -3.68. The molecule has 2 aliphatic heterocycles. The first-order valence-corrected chi connectivity index (χ1v) is 12.0. The number of carbonyl (C=O) groups is 1. The number of fused-ring (bicyclic) bond motifs is 1. The molecule has 9 heteroatoms. The first-order valence-electron chi connectivity index (χ1n) is 10.6. The number of benzene rings is 2. The number of hydrogen-bond donors (Lipinski definition) is 1. The number of piperidine rings is 1. The smallest absolute Gasteiger partial charge is 0.285 e. The van der Waals surface area contributed by atoms with Gasteiger partial charge in [-0.15, -0.1) is 4.40 Å². The maximum atomic E-state index is 13.1. The van der Waals surface area contributed by atoms with Crippen molar-refractivity contribution in [1.29, 1.82) is 0 Å². The summed E-state index contributed by atoms with van der Waals surface area (Å²) in [5.41, 5.74) is 1.70. The van der Waals surface area contributed by atoms with Crippen molar-refractivity contribution in [2.45, 2.75) is 24.3 Å². The molecule has 32 heavy (non-hydrogen) atoms. The van der Waals surface area contributed by atoms with Gasteiger partial charge in [0.25, 0.3) is 10.0 Å². The van der Waals surface area contributed by atoms with Crippen LogP contribution in [-0.2, 0) is 21.4 Å². The van der Waals surface area contributed by atoms with Gasteiger partial charge in [-0.2, -0.15) is 13.5 Å². The van der Waals surface area contributed by atoms with E-state index in [0.717, 1.165) is 18.4 Å². The van der Waals surface area contributed by atoms with Crippen molar-refractivity contribution in [2.24, 2.45) is 10.3 Å². The van der Waals surface area contributed by atoms with Gasteiger partial charge in [0.15, 0.2) is 5.84 Å². The number of amides is 1. The van der Waals surface area contributed by atoms with Crippen molar-refractivity contribution >= 4 is 27.6 Å². The van der Waals surface area contributed by atoms with Crippen molar-refractivity contribution in [1.82, 2.24) is 14.7 Å². The van der Waals surface area contributed by atoms with E-state index in [-0.39, 0.29) is 16.7 Å². The second-order valence-corrected chi connectivity index (χ2v) is 9.59. The van der Waals surface area contributed by atoms with E-state index in [2.05, 4.69) is 14.8 Å².